The maximum atomic E-state index is 12.0. The van der Waals surface area contributed by atoms with Gasteiger partial charge in [-0.2, -0.15) is 0 Å². The number of hydrogen-bond acceptors (Lipinski definition) is 3. The Morgan fingerprint density at radius 2 is 1.86 bits per heavy atom. The van der Waals surface area contributed by atoms with Crippen molar-refractivity contribution in [3.8, 4) is 0 Å². The number of aliphatic carboxylic acids is 2. The second-order valence-corrected chi connectivity index (χ2v) is 5.49. The minimum atomic E-state index is -1.20. The van der Waals surface area contributed by atoms with Crippen LogP contribution in [-0.4, -0.2) is 52.2 Å². The lowest BCUT2D eigenvalue weighted by Crippen LogP contribution is -2.50. The summed E-state index contributed by atoms with van der Waals surface area (Å²) in [5, 5.41) is 20.0. The molecule has 1 heterocycles. The molecule has 0 aromatic heterocycles. The second kappa shape index (κ2) is 8.49. The van der Waals surface area contributed by atoms with Gasteiger partial charge in [0.25, 0.3) is 0 Å². The normalized spacial score (nSPS) is 17.3. The van der Waals surface area contributed by atoms with Gasteiger partial charge in [0.05, 0.1) is 0 Å². The highest BCUT2D eigenvalue weighted by atomic mass is 16.4. The van der Waals surface area contributed by atoms with Crippen molar-refractivity contribution in [1.82, 2.24) is 10.2 Å². The highest BCUT2D eigenvalue weighted by Crippen LogP contribution is 2.21. The van der Waals surface area contributed by atoms with Gasteiger partial charge in [-0.05, 0) is 25.2 Å². The molecule has 120 valence electrons. The Bertz CT molecular complexity index is 378. The molecule has 0 bridgehead atoms. The molecule has 0 saturated carbocycles. The van der Waals surface area contributed by atoms with E-state index < -0.39 is 24.0 Å². The number of carbonyl (C=O) groups is 3. The molecule has 1 saturated heterocycles. The zero-order valence-electron chi connectivity index (χ0n) is 12.4. The summed E-state index contributed by atoms with van der Waals surface area (Å²) >= 11 is 0. The number of carboxylic acid groups (broad SMARTS) is 2. The van der Waals surface area contributed by atoms with Crippen molar-refractivity contribution < 1.29 is 24.6 Å². The first-order chi connectivity index (χ1) is 9.93. The average Bonchev–Trinajstić information content (AvgIpc) is 2.43. The van der Waals surface area contributed by atoms with Gasteiger partial charge in [0, 0.05) is 19.5 Å². The fourth-order valence-corrected chi connectivity index (χ4v) is 2.60. The van der Waals surface area contributed by atoms with Gasteiger partial charge in [-0.15, -0.1) is 0 Å². The summed E-state index contributed by atoms with van der Waals surface area (Å²) in [6.07, 6.45) is 3.78. The SMILES string of the molecule is CCCC1CCN(C(=O)NC(CCC(=O)O)C(=O)O)CC1. The Kier molecular flexibility index (Phi) is 6.98. The number of urea groups is 1. The molecule has 0 aromatic rings. The Balaban J connectivity index is 2.43. The largest absolute Gasteiger partial charge is 0.481 e. The molecule has 0 radical (unpaired) electrons. The number of rotatable bonds is 7. The number of carboxylic acids is 2. The monoisotopic (exact) mass is 300 g/mol. The fraction of sp³-hybridized carbons (Fsp3) is 0.786. The summed E-state index contributed by atoms with van der Waals surface area (Å²) in [7, 11) is 0. The van der Waals surface area contributed by atoms with E-state index in [1.807, 2.05) is 0 Å². The first-order valence-corrected chi connectivity index (χ1v) is 7.44. The third-order valence-electron chi connectivity index (χ3n) is 3.84. The van der Waals surface area contributed by atoms with Gasteiger partial charge >= 0.3 is 18.0 Å². The van der Waals surface area contributed by atoms with Crippen LogP contribution >= 0.6 is 0 Å². The molecule has 3 N–H and O–H groups in total. The molecular weight excluding hydrogens is 276 g/mol. The van der Waals surface area contributed by atoms with E-state index in [0.29, 0.717) is 19.0 Å². The standard InChI is InChI=1S/C14H24N2O5/c1-2-3-10-6-8-16(9-7-10)14(21)15-11(13(19)20)4-5-12(17)18/h10-11H,2-9H2,1H3,(H,15,21)(H,17,18)(H,19,20). The number of piperidine rings is 1. The van der Waals surface area contributed by atoms with Crippen molar-refractivity contribution in [3.05, 3.63) is 0 Å². The maximum absolute atomic E-state index is 12.0. The Morgan fingerprint density at radius 1 is 1.24 bits per heavy atom. The van der Waals surface area contributed by atoms with Gasteiger partial charge in [0.2, 0.25) is 0 Å². The predicted octanol–water partition coefficient (Wildman–Crippen LogP) is 1.53. The molecule has 1 fully saturated rings. The van der Waals surface area contributed by atoms with Gasteiger partial charge < -0.3 is 20.4 Å². The van der Waals surface area contributed by atoms with Crippen molar-refractivity contribution in [2.24, 2.45) is 5.92 Å². The Morgan fingerprint density at radius 3 is 2.33 bits per heavy atom. The van der Waals surface area contributed by atoms with Crippen molar-refractivity contribution >= 4 is 18.0 Å². The molecule has 2 amide bonds. The van der Waals surface area contributed by atoms with E-state index in [1.165, 1.54) is 0 Å². The topological polar surface area (TPSA) is 107 Å². The van der Waals surface area contributed by atoms with E-state index in [2.05, 4.69) is 12.2 Å². The molecule has 1 rings (SSSR count). The number of nitrogens with zero attached hydrogens (tertiary/aromatic N) is 1. The van der Waals surface area contributed by atoms with Crippen LogP contribution in [0.3, 0.4) is 0 Å². The summed E-state index contributed by atoms with van der Waals surface area (Å²) in [5.41, 5.74) is 0. The van der Waals surface area contributed by atoms with E-state index in [1.54, 1.807) is 4.90 Å². The predicted molar refractivity (Wildman–Crippen MR) is 76.0 cm³/mol. The van der Waals surface area contributed by atoms with Gasteiger partial charge in [-0.25, -0.2) is 9.59 Å². The zero-order valence-corrected chi connectivity index (χ0v) is 12.4. The third-order valence-corrected chi connectivity index (χ3v) is 3.84. The van der Waals surface area contributed by atoms with Gasteiger partial charge in [-0.1, -0.05) is 19.8 Å². The molecule has 0 aromatic carbocycles. The number of carbonyl (C=O) groups excluding carboxylic acids is 1. The summed E-state index contributed by atoms with van der Waals surface area (Å²) in [6.45, 7) is 3.39. The van der Waals surface area contributed by atoms with Crippen molar-refractivity contribution in [2.45, 2.75) is 51.5 Å². The van der Waals surface area contributed by atoms with Crippen LogP contribution in [0.2, 0.25) is 0 Å². The Hall–Kier alpha value is -1.79. The lowest BCUT2D eigenvalue weighted by atomic mass is 9.93. The van der Waals surface area contributed by atoms with Gasteiger partial charge in [0.1, 0.15) is 6.04 Å². The molecule has 1 atom stereocenters. The minimum Gasteiger partial charge on any atom is -0.481 e. The number of likely N-dealkylation sites (tertiary alicyclic amines) is 1. The first kappa shape index (κ1) is 17.3. The molecule has 7 heteroatoms. The molecule has 1 aliphatic rings. The van der Waals surface area contributed by atoms with Gasteiger partial charge in [0.15, 0.2) is 0 Å². The van der Waals surface area contributed by atoms with E-state index in [-0.39, 0.29) is 12.8 Å². The second-order valence-electron chi connectivity index (χ2n) is 5.49. The van der Waals surface area contributed by atoms with E-state index >= 15 is 0 Å². The lowest BCUT2D eigenvalue weighted by Gasteiger charge is -2.32. The van der Waals surface area contributed by atoms with Crippen LogP contribution in [0.15, 0.2) is 0 Å². The fourth-order valence-electron chi connectivity index (χ4n) is 2.60. The summed E-state index contributed by atoms with van der Waals surface area (Å²) in [5.74, 6) is -1.64. The number of amides is 2. The summed E-state index contributed by atoms with van der Waals surface area (Å²) in [4.78, 5) is 35.2. The van der Waals surface area contributed by atoms with Crippen LogP contribution in [0.4, 0.5) is 4.79 Å². The van der Waals surface area contributed by atoms with E-state index in [9.17, 15) is 14.4 Å². The molecule has 0 aliphatic carbocycles. The minimum absolute atomic E-state index is 0.108. The van der Waals surface area contributed by atoms with Gasteiger partial charge in [-0.3, -0.25) is 4.79 Å². The van der Waals surface area contributed by atoms with Crippen molar-refractivity contribution in [2.75, 3.05) is 13.1 Å². The van der Waals surface area contributed by atoms with Crippen LogP contribution in [0, 0.1) is 5.92 Å². The first-order valence-electron chi connectivity index (χ1n) is 7.44. The average molecular weight is 300 g/mol. The van der Waals surface area contributed by atoms with E-state index in [0.717, 1.165) is 25.7 Å². The van der Waals surface area contributed by atoms with Crippen LogP contribution in [0.25, 0.3) is 0 Å². The lowest BCUT2D eigenvalue weighted by molar-refractivity contribution is -0.140. The quantitative estimate of drug-likeness (QED) is 0.661. The molecule has 0 spiro atoms. The summed E-state index contributed by atoms with van der Waals surface area (Å²) < 4.78 is 0. The Labute approximate surface area is 124 Å². The van der Waals surface area contributed by atoms with Crippen LogP contribution < -0.4 is 5.32 Å². The maximum Gasteiger partial charge on any atom is 0.326 e. The highest BCUT2D eigenvalue weighted by Gasteiger charge is 2.26. The molecule has 1 aliphatic heterocycles. The van der Waals surface area contributed by atoms with Crippen molar-refractivity contribution in [3.63, 3.8) is 0 Å². The van der Waals surface area contributed by atoms with Crippen LogP contribution in [0.1, 0.15) is 45.4 Å². The van der Waals surface area contributed by atoms with Crippen molar-refractivity contribution in [1.29, 1.82) is 0 Å². The molecule has 7 nitrogen and oxygen atoms in total. The summed E-state index contributed by atoms with van der Waals surface area (Å²) in [6, 6.07) is -1.57. The van der Waals surface area contributed by atoms with E-state index in [4.69, 9.17) is 10.2 Å². The number of hydrogen-bond donors (Lipinski definition) is 3. The van der Waals surface area contributed by atoms with Crippen LogP contribution in [-0.2, 0) is 9.59 Å². The third kappa shape index (κ3) is 6.01. The highest BCUT2D eigenvalue weighted by molar-refractivity contribution is 5.83. The molecule has 1 unspecified atom stereocenters. The smallest absolute Gasteiger partial charge is 0.326 e. The zero-order chi connectivity index (χ0) is 15.8. The van der Waals surface area contributed by atoms with Crippen LogP contribution in [0.5, 0.6) is 0 Å². The number of nitrogens with one attached hydrogen (secondary N) is 1. The molecular formula is C14H24N2O5. The molecule has 21 heavy (non-hydrogen) atoms.